The van der Waals surface area contributed by atoms with Crippen LogP contribution in [0.25, 0.3) is 12.2 Å². The number of carbonyl (C=O) groups excluding carboxylic acids is 2. The molecule has 0 aromatic heterocycles. The van der Waals surface area contributed by atoms with E-state index in [9.17, 15) is 9.59 Å². The van der Waals surface area contributed by atoms with Crippen LogP contribution in [0, 0.1) is 0 Å². The summed E-state index contributed by atoms with van der Waals surface area (Å²) >= 11 is 0. The lowest BCUT2D eigenvalue weighted by atomic mass is 10.2. The summed E-state index contributed by atoms with van der Waals surface area (Å²) in [5.41, 5.74) is 1.59. The van der Waals surface area contributed by atoms with E-state index < -0.39 is 11.9 Å². The van der Waals surface area contributed by atoms with E-state index in [4.69, 9.17) is 14.2 Å². The zero-order valence-corrected chi connectivity index (χ0v) is 17.1. The molecular weight excluding hydrogens is 368 g/mol. The first kappa shape index (κ1) is 22.0. The Bertz CT molecular complexity index is 786. The zero-order valence-electron chi connectivity index (χ0n) is 17.1. The summed E-state index contributed by atoms with van der Waals surface area (Å²) in [5.74, 6) is 0.0401. The smallest absolute Gasteiger partial charge is 0.338 e. The van der Waals surface area contributed by atoms with Gasteiger partial charge in [-0.15, -0.1) is 0 Å². The van der Waals surface area contributed by atoms with Crippen LogP contribution in [0.2, 0.25) is 0 Å². The lowest BCUT2D eigenvalue weighted by Crippen LogP contribution is -2.07. The van der Waals surface area contributed by atoms with Crippen LogP contribution in [-0.4, -0.2) is 24.1 Å². The SMILES string of the molecule is CC(C)Oc1ccc(C=CC(=O)OC(=O)C=Cc2ccc(OC(C)C)cc2)cc1. The molecule has 2 aromatic carbocycles. The molecule has 5 nitrogen and oxygen atoms in total. The van der Waals surface area contributed by atoms with E-state index in [1.54, 1.807) is 12.2 Å². The van der Waals surface area contributed by atoms with Crippen molar-refractivity contribution in [2.45, 2.75) is 39.9 Å². The molecule has 0 N–H and O–H groups in total. The second-order valence-electron chi connectivity index (χ2n) is 6.88. The Kier molecular flexibility index (Phi) is 8.22. The number of rotatable bonds is 8. The van der Waals surface area contributed by atoms with Gasteiger partial charge in [-0.1, -0.05) is 24.3 Å². The molecule has 0 unspecified atom stereocenters. The molecule has 0 aliphatic rings. The van der Waals surface area contributed by atoms with Gasteiger partial charge in [0.2, 0.25) is 0 Å². The van der Waals surface area contributed by atoms with Crippen molar-refractivity contribution >= 4 is 24.1 Å². The molecule has 0 aliphatic carbocycles. The van der Waals surface area contributed by atoms with Crippen molar-refractivity contribution in [2.75, 3.05) is 0 Å². The molecule has 0 saturated carbocycles. The zero-order chi connectivity index (χ0) is 21.2. The molecule has 5 heteroatoms. The fourth-order valence-electron chi connectivity index (χ4n) is 2.36. The van der Waals surface area contributed by atoms with Gasteiger partial charge >= 0.3 is 11.9 Å². The molecule has 0 heterocycles. The lowest BCUT2D eigenvalue weighted by molar-refractivity contribution is -0.152. The van der Waals surface area contributed by atoms with Crippen LogP contribution >= 0.6 is 0 Å². The topological polar surface area (TPSA) is 61.8 Å². The molecule has 0 saturated heterocycles. The number of ether oxygens (including phenoxy) is 3. The summed E-state index contributed by atoms with van der Waals surface area (Å²) in [4.78, 5) is 23.6. The summed E-state index contributed by atoms with van der Waals surface area (Å²) in [6.45, 7) is 7.80. The maximum Gasteiger partial charge on any atom is 0.338 e. The summed E-state index contributed by atoms with van der Waals surface area (Å²) in [6, 6.07) is 14.5. The number of carbonyl (C=O) groups is 2. The second kappa shape index (κ2) is 10.9. The lowest BCUT2D eigenvalue weighted by Gasteiger charge is -2.09. The van der Waals surface area contributed by atoms with E-state index in [0.717, 1.165) is 22.6 Å². The second-order valence-corrected chi connectivity index (χ2v) is 6.88. The van der Waals surface area contributed by atoms with Gasteiger partial charge in [-0.25, -0.2) is 9.59 Å². The van der Waals surface area contributed by atoms with Crippen LogP contribution in [0.3, 0.4) is 0 Å². The first-order valence-corrected chi connectivity index (χ1v) is 9.47. The average Bonchev–Trinajstić information content (AvgIpc) is 2.66. The highest BCUT2D eigenvalue weighted by Crippen LogP contribution is 2.16. The molecule has 29 heavy (non-hydrogen) atoms. The van der Waals surface area contributed by atoms with Crippen LogP contribution in [0.5, 0.6) is 11.5 Å². The highest BCUT2D eigenvalue weighted by molar-refractivity contribution is 5.99. The third kappa shape index (κ3) is 8.47. The third-order valence-corrected chi connectivity index (χ3v) is 3.53. The van der Waals surface area contributed by atoms with E-state index >= 15 is 0 Å². The number of hydrogen-bond donors (Lipinski definition) is 0. The van der Waals surface area contributed by atoms with Crippen molar-refractivity contribution in [1.82, 2.24) is 0 Å². The van der Waals surface area contributed by atoms with Gasteiger partial charge in [-0.3, -0.25) is 0 Å². The molecule has 2 aromatic rings. The minimum Gasteiger partial charge on any atom is -0.491 e. The fourth-order valence-corrected chi connectivity index (χ4v) is 2.36. The molecule has 0 aliphatic heterocycles. The van der Waals surface area contributed by atoms with Crippen LogP contribution in [0.15, 0.2) is 60.7 Å². The van der Waals surface area contributed by atoms with Crippen LogP contribution < -0.4 is 9.47 Å². The number of hydrogen-bond acceptors (Lipinski definition) is 5. The van der Waals surface area contributed by atoms with Gasteiger partial charge < -0.3 is 14.2 Å². The first-order valence-electron chi connectivity index (χ1n) is 9.47. The fraction of sp³-hybridized carbons (Fsp3) is 0.250. The molecule has 0 bridgehead atoms. The van der Waals surface area contributed by atoms with Crippen LogP contribution in [0.1, 0.15) is 38.8 Å². The number of benzene rings is 2. The van der Waals surface area contributed by atoms with Gasteiger partial charge in [-0.2, -0.15) is 0 Å². The maximum atomic E-state index is 11.8. The Morgan fingerprint density at radius 1 is 0.655 bits per heavy atom. The summed E-state index contributed by atoms with van der Waals surface area (Å²) in [7, 11) is 0. The maximum absolute atomic E-state index is 11.8. The third-order valence-electron chi connectivity index (χ3n) is 3.53. The quantitative estimate of drug-likeness (QED) is 0.356. The Morgan fingerprint density at radius 2 is 1.00 bits per heavy atom. The van der Waals surface area contributed by atoms with Gasteiger partial charge in [0.25, 0.3) is 0 Å². The Balaban J connectivity index is 1.84. The summed E-state index contributed by atoms with van der Waals surface area (Å²) in [5, 5.41) is 0. The van der Waals surface area contributed by atoms with Gasteiger partial charge in [0.1, 0.15) is 11.5 Å². The van der Waals surface area contributed by atoms with Crippen LogP contribution in [-0.2, 0) is 14.3 Å². The van der Waals surface area contributed by atoms with E-state index in [2.05, 4.69) is 0 Å². The van der Waals surface area contributed by atoms with E-state index in [0.29, 0.717) is 0 Å². The highest BCUT2D eigenvalue weighted by atomic mass is 16.6. The molecule has 152 valence electrons. The van der Waals surface area contributed by atoms with E-state index in [1.807, 2.05) is 76.2 Å². The molecule has 2 rings (SSSR count). The normalized spacial score (nSPS) is 11.4. The average molecular weight is 394 g/mol. The minimum absolute atomic E-state index is 0.0942. The van der Waals surface area contributed by atoms with Crippen molar-refractivity contribution in [1.29, 1.82) is 0 Å². The highest BCUT2D eigenvalue weighted by Gasteiger charge is 2.04. The monoisotopic (exact) mass is 394 g/mol. The molecule has 0 fully saturated rings. The van der Waals surface area contributed by atoms with E-state index in [-0.39, 0.29) is 12.2 Å². The van der Waals surface area contributed by atoms with Crippen molar-refractivity contribution in [2.24, 2.45) is 0 Å². The van der Waals surface area contributed by atoms with E-state index in [1.165, 1.54) is 12.2 Å². The summed E-state index contributed by atoms with van der Waals surface area (Å²) in [6.07, 6.45) is 5.76. The van der Waals surface area contributed by atoms with Gasteiger partial charge in [-0.05, 0) is 75.2 Å². The van der Waals surface area contributed by atoms with Gasteiger partial charge in [0.15, 0.2) is 0 Å². The van der Waals surface area contributed by atoms with Crippen molar-refractivity contribution < 1.29 is 23.8 Å². The molecule has 0 atom stereocenters. The number of esters is 2. The summed E-state index contributed by atoms with van der Waals surface area (Å²) < 4.78 is 15.9. The van der Waals surface area contributed by atoms with Crippen molar-refractivity contribution in [3.8, 4) is 11.5 Å². The predicted octanol–water partition coefficient (Wildman–Crippen LogP) is 5.06. The Hall–Kier alpha value is -3.34. The minimum atomic E-state index is -0.733. The molecule has 0 amide bonds. The Labute approximate surface area is 171 Å². The first-order chi connectivity index (χ1) is 13.8. The van der Waals surface area contributed by atoms with Gasteiger partial charge in [0, 0.05) is 12.2 Å². The molecule has 0 radical (unpaired) electrons. The van der Waals surface area contributed by atoms with Crippen LogP contribution in [0.4, 0.5) is 0 Å². The standard InChI is InChI=1S/C24H26O5/c1-17(2)27-21-11-5-19(6-12-21)9-15-23(25)29-24(26)16-10-20-7-13-22(14-8-20)28-18(3)4/h5-18H,1-4H3. The van der Waals surface area contributed by atoms with Crippen molar-refractivity contribution in [3.63, 3.8) is 0 Å². The molecular formula is C24H26O5. The van der Waals surface area contributed by atoms with Gasteiger partial charge in [0.05, 0.1) is 12.2 Å². The van der Waals surface area contributed by atoms with Crippen molar-refractivity contribution in [3.05, 3.63) is 71.8 Å². The largest absolute Gasteiger partial charge is 0.491 e. The predicted molar refractivity (Wildman–Crippen MR) is 114 cm³/mol. The molecule has 0 spiro atoms. The Morgan fingerprint density at radius 3 is 1.31 bits per heavy atom.